The summed E-state index contributed by atoms with van der Waals surface area (Å²) in [5.74, 6) is -0.258. The molecule has 0 bridgehead atoms. The molecule has 0 saturated carbocycles. The Bertz CT molecular complexity index is 364. The number of halogens is 1. The van der Waals surface area contributed by atoms with Crippen LogP contribution < -0.4 is 5.73 Å². The summed E-state index contributed by atoms with van der Waals surface area (Å²) in [7, 11) is 0. The molecule has 0 saturated heterocycles. The zero-order valence-electron chi connectivity index (χ0n) is 9.20. The number of nitrogen functional groups attached to an aromatic ring is 1. The van der Waals surface area contributed by atoms with Crippen LogP contribution in [0.25, 0.3) is 0 Å². The van der Waals surface area contributed by atoms with Gasteiger partial charge in [-0.15, -0.1) is 11.8 Å². The maximum absolute atomic E-state index is 11.4. The normalized spacial score (nSPS) is 12.2. The molecule has 1 rings (SSSR count). The van der Waals surface area contributed by atoms with Crippen molar-refractivity contribution < 1.29 is 9.53 Å². The van der Waals surface area contributed by atoms with E-state index in [0.29, 0.717) is 17.3 Å². The summed E-state index contributed by atoms with van der Waals surface area (Å²) < 4.78 is 4.91. The van der Waals surface area contributed by atoms with E-state index in [2.05, 4.69) is 0 Å². The van der Waals surface area contributed by atoms with Crippen LogP contribution in [0.5, 0.6) is 0 Å². The van der Waals surface area contributed by atoms with Crippen molar-refractivity contribution in [2.45, 2.75) is 24.0 Å². The summed E-state index contributed by atoms with van der Waals surface area (Å²) in [4.78, 5) is 12.2. The standard InChI is InChI=1S/C11H14ClNO2S/c1-3-15-11(14)7(2)16-10-8(12)5-4-6-9(10)13/h4-7H,3,13H2,1-2H3. The first-order valence-corrected chi connectivity index (χ1v) is 6.19. The van der Waals surface area contributed by atoms with Gasteiger partial charge >= 0.3 is 5.97 Å². The van der Waals surface area contributed by atoms with E-state index < -0.39 is 0 Å². The average Bonchev–Trinajstić information content (AvgIpc) is 2.23. The lowest BCUT2D eigenvalue weighted by Crippen LogP contribution is -2.16. The van der Waals surface area contributed by atoms with Gasteiger partial charge < -0.3 is 10.5 Å². The van der Waals surface area contributed by atoms with Crippen molar-refractivity contribution in [1.29, 1.82) is 0 Å². The minimum Gasteiger partial charge on any atom is -0.465 e. The highest BCUT2D eigenvalue weighted by Crippen LogP contribution is 2.35. The van der Waals surface area contributed by atoms with Crippen molar-refractivity contribution in [2.24, 2.45) is 0 Å². The number of thioether (sulfide) groups is 1. The van der Waals surface area contributed by atoms with E-state index in [9.17, 15) is 4.79 Å². The molecule has 0 radical (unpaired) electrons. The SMILES string of the molecule is CCOC(=O)C(C)Sc1c(N)cccc1Cl. The predicted molar refractivity (Wildman–Crippen MR) is 67.8 cm³/mol. The molecular formula is C11H14ClNO2S. The van der Waals surface area contributed by atoms with Crippen molar-refractivity contribution in [3.05, 3.63) is 23.2 Å². The number of benzene rings is 1. The molecule has 1 aromatic carbocycles. The minimum atomic E-state index is -0.317. The minimum absolute atomic E-state index is 0.258. The monoisotopic (exact) mass is 259 g/mol. The number of carbonyl (C=O) groups is 1. The molecule has 0 heterocycles. The van der Waals surface area contributed by atoms with E-state index in [1.807, 2.05) is 0 Å². The van der Waals surface area contributed by atoms with Crippen LogP contribution in [-0.4, -0.2) is 17.8 Å². The number of esters is 1. The zero-order valence-corrected chi connectivity index (χ0v) is 10.8. The van der Waals surface area contributed by atoms with E-state index in [0.717, 1.165) is 4.90 Å². The number of nitrogens with two attached hydrogens (primary N) is 1. The zero-order chi connectivity index (χ0) is 12.1. The molecule has 0 aliphatic rings. The Hall–Kier alpha value is -0.870. The second kappa shape index (κ2) is 6.01. The van der Waals surface area contributed by atoms with Crippen LogP contribution in [0, 0.1) is 0 Å². The topological polar surface area (TPSA) is 52.3 Å². The Morgan fingerprint density at radius 3 is 2.88 bits per heavy atom. The van der Waals surface area contributed by atoms with E-state index in [1.54, 1.807) is 32.0 Å². The first-order valence-electron chi connectivity index (χ1n) is 4.93. The smallest absolute Gasteiger partial charge is 0.319 e. The van der Waals surface area contributed by atoms with Crippen LogP contribution in [0.1, 0.15) is 13.8 Å². The quantitative estimate of drug-likeness (QED) is 0.513. The lowest BCUT2D eigenvalue weighted by atomic mass is 10.3. The van der Waals surface area contributed by atoms with Crippen molar-refractivity contribution >= 4 is 35.0 Å². The molecule has 3 nitrogen and oxygen atoms in total. The van der Waals surface area contributed by atoms with E-state index >= 15 is 0 Å². The molecule has 0 aliphatic carbocycles. The van der Waals surface area contributed by atoms with Gasteiger partial charge in [-0.05, 0) is 26.0 Å². The number of ether oxygens (including phenoxy) is 1. The van der Waals surface area contributed by atoms with Gasteiger partial charge in [0.2, 0.25) is 0 Å². The Morgan fingerprint density at radius 1 is 1.62 bits per heavy atom. The summed E-state index contributed by atoms with van der Waals surface area (Å²) in [6.45, 7) is 3.92. The fourth-order valence-electron chi connectivity index (χ4n) is 1.13. The second-order valence-electron chi connectivity index (χ2n) is 3.17. The maximum Gasteiger partial charge on any atom is 0.319 e. The third kappa shape index (κ3) is 3.32. The van der Waals surface area contributed by atoms with Crippen LogP contribution in [0.4, 0.5) is 5.69 Å². The molecule has 1 aromatic rings. The third-order valence-corrected chi connectivity index (χ3v) is 3.57. The Kier molecular flexibility index (Phi) is 4.96. The van der Waals surface area contributed by atoms with Gasteiger partial charge in [-0.2, -0.15) is 0 Å². The highest BCUT2D eigenvalue weighted by molar-refractivity contribution is 8.00. The van der Waals surface area contributed by atoms with Gasteiger partial charge in [-0.3, -0.25) is 4.79 Å². The number of anilines is 1. The Morgan fingerprint density at radius 2 is 2.31 bits per heavy atom. The first kappa shape index (κ1) is 13.2. The average molecular weight is 260 g/mol. The van der Waals surface area contributed by atoms with E-state index in [1.165, 1.54) is 11.8 Å². The van der Waals surface area contributed by atoms with Crippen molar-refractivity contribution in [1.82, 2.24) is 0 Å². The fraction of sp³-hybridized carbons (Fsp3) is 0.364. The van der Waals surface area contributed by atoms with Crippen LogP contribution in [0.2, 0.25) is 5.02 Å². The van der Waals surface area contributed by atoms with Crippen LogP contribution in [0.15, 0.2) is 23.1 Å². The molecule has 1 unspecified atom stereocenters. The first-order chi connectivity index (χ1) is 7.56. The van der Waals surface area contributed by atoms with Gasteiger partial charge in [0.15, 0.2) is 0 Å². The van der Waals surface area contributed by atoms with Gasteiger partial charge in [-0.25, -0.2) is 0 Å². The second-order valence-corrected chi connectivity index (χ2v) is 4.93. The maximum atomic E-state index is 11.4. The Labute approximate surface area is 104 Å². The molecule has 0 aliphatic heterocycles. The van der Waals surface area contributed by atoms with Crippen LogP contribution in [0.3, 0.4) is 0 Å². The van der Waals surface area contributed by atoms with Crippen molar-refractivity contribution in [3.8, 4) is 0 Å². The number of carbonyl (C=O) groups excluding carboxylic acids is 1. The summed E-state index contributed by atoms with van der Waals surface area (Å²) in [5.41, 5.74) is 6.36. The number of hydrogen-bond donors (Lipinski definition) is 1. The fourth-order valence-corrected chi connectivity index (χ4v) is 2.35. The molecule has 0 fully saturated rings. The molecule has 88 valence electrons. The van der Waals surface area contributed by atoms with Gasteiger partial charge in [-0.1, -0.05) is 17.7 Å². The Balaban J connectivity index is 2.76. The molecule has 2 N–H and O–H groups in total. The van der Waals surface area contributed by atoms with Gasteiger partial charge in [0, 0.05) is 10.6 Å². The lowest BCUT2D eigenvalue weighted by molar-refractivity contribution is -0.142. The summed E-state index contributed by atoms with van der Waals surface area (Å²) >= 11 is 7.32. The highest BCUT2D eigenvalue weighted by atomic mass is 35.5. The number of hydrogen-bond acceptors (Lipinski definition) is 4. The summed E-state index contributed by atoms with van der Waals surface area (Å²) in [5, 5.41) is 0.239. The summed E-state index contributed by atoms with van der Waals surface area (Å²) in [6.07, 6.45) is 0. The lowest BCUT2D eigenvalue weighted by Gasteiger charge is -2.12. The molecule has 0 amide bonds. The van der Waals surface area contributed by atoms with E-state index in [-0.39, 0.29) is 11.2 Å². The molecular weight excluding hydrogens is 246 g/mol. The predicted octanol–water partition coefficient (Wildman–Crippen LogP) is 2.97. The molecule has 16 heavy (non-hydrogen) atoms. The van der Waals surface area contributed by atoms with Crippen molar-refractivity contribution in [2.75, 3.05) is 12.3 Å². The van der Waals surface area contributed by atoms with Crippen molar-refractivity contribution in [3.63, 3.8) is 0 Å². The largest absolute Gasteiger partial charge is 0.465 e. The van der Waals surface area contributed by atoms with Crippen LogP contribution >= 0.6 is 23.4 Å². The highest BCUT2D eigenvalue weighted by Gasteiger charge is 2.18. The summed E-state index contributed by atoms with van der Waals surface area (Å²) in [6, 6.07) is 5.28. The van der Waals surface area contributed by atoms with Crippen LogP contribution in [-0.2, 0) is 9.53 Å². The number of rotatable bonds is 4. The molecule has 1 atom stereocenters. The van der Waals surface area contributed by atoms with Gasteiger partial charge in [0.1, 0.15) is 5.25 Å². The molecule has 5 heteroatoms. The third-order valence-electron chi connectivity index (χ3n) is 1.91. The van der Waals surface area contributed by atoms with Gasteiger partial charge in [0.25, 0.3) is 0 Å². The molecule has 0 aromatic heterocycles. The van der Waals surface area contributed by atoms with E-state index in [4.69, 9.17) is 22.1 Å². The molecule has 0 spiro atoms. The van der Waals surface area contributed by atoms with Gasteiger partial charge in [0.05, 0.1) is 11.6 Å².